The number of hydrogen-bond donors (Lipinski definition) is 10. The van der Waals surface area contributed by atoms with Crippen molar-refractivity contribution in [2.24, 2.45) is 17.4 Å². The van der Waals surface area contributed by atoms with Gasteiger partial charge in [-0.3, -0.25) is 50.0 Å². The van der Waals surface area contributed by atoms with E-state index in [1.807, 2.05) is 54.6 Å². The Morgan fingerprint density at radius 2 is 1.51 bits per heavy atom. The fourth-order valence-electron chi connectivity index (χ4n) is 9.32. The third-order valence-corrected chi connectivity index (χ3v) is 12.7. The van der Waals surface area contributed by atoms with E-state index in [0.717, 1.165) is 54.1 Å². The number of aromatic nitrogens is 1. The molecule has 6 rings (SSSR count). The number of fused-ring (bicyclic) bond motifs is 2. The minimum Gasteiger partial charge on any atom is -0.361 e. The van der Waals surface area contributed by atoms with Gasteiger partial charge in [0.15, 0.2) is 0 Å². The Morgan fingerprint density at radius 1 is 0.800 bits per heavy atom. The second-order valence-electron chi connectivity index (χ2n) is 17.6. The van der Waals surface area contributed by atoms with Gasteiger partial charge in [-0.05, 0) is 68.1 Å². The Balaban J connectivity index is 1.31. The van der Waals surface area contributed by atoms with Crippen LogP contribution in [0.3, 0.4) is 0 Å². The molecule has 65 heavy (non-hydrogen) atoms. The monoisotopic (exact) mass is 897 g/mol. The Kier molecular flexibility index (Phi) is 17.3. The standard InChI is InChI=1S/C47H65N11O7/c1-29(59)53-37(25-30-13-4-2-5-14-30)42(61)55-36-20-11-22-50-41(60)35(19-10-23-51-47(48)49)54-44(63)39(27-32-28-52-34-18-9-8-17-33(32)34)56-43(62)38(26-31-15-6-3-7-16-31)57-45(64)40-21-12-24-58(40)46(36)65/h2,4-5,8-9,13-14,17-18,28,31,35-40,52H,3,6-7,10-12,15-16,19-27H2,1H3,(H,50,60)(H,53,59)(H,54,63)(H,55,61)(H,56,62)(H,57,64)(H4,48,49,51)/p+1/t35-,36-,37-,38+,39-,40-/m0/s1. The number of rotatable bonds is 13. The summed E-state index contributed by atoms with van der Waals surface area (Å²) < 4.78 is 0. The lowest BCUT2D eigenvalue weighted by atomic mass is 9.84. The molecule has 12 N–H and O–H groups in total. The molecule has 0 spiro atoms. The van der Waals surface area contributed by atoms with Crippen molar-refractivity contribution in [3.63, 3.8) is 0 Å². The van der Waals surface area contributed by atoms with E-state index < -0.39 is 77.6 Å². The molecule has 350 valence electrons. The number of carbonyl (C=O) groups excluding carboxylic acids is 7. The van der Waals surface area contributed by atoms with Crippen molar-refractivity contribution in [2.75, 3.05) is 19.6 Å². The van der Waals surface area contributed by atoms with Gasteiger partial charge in [-0.15, -0.1) is 0 Å². The number of hydrogen-bond acceptors (Lipinski definition) is 7. The van der Waals surface area contributed by atoms with E-state index >= 15 is 0 Å². The number of carbonyl (C=O) groups is 7. The Bertz CT molecular complexity index is 2170. The molecule has 3 heterocycles. The van der Waals surface area contributed by atoms with Crippen LogP contribution in [-0.2, 0) is 46.4 Å². The molecule has 1 aliphatic carbocycles. The smallest absolute Gasteiger partial charge is 0.338 e. The maximum absolute atomic E-state index is 14.6. The van der Waals surface area contributed by atoms with E-state index in [9.17, 15) is 33.6 Å². The lowest BCUT2D eigenvalue weighted by Gasteiger charge is -2.32. The summed E-state index contributed by atoms with van der Waals surface area (Å²) in [4.78, 5) is 106. The molecule has 0 unspecified atom stereocenters. The number of para-hydroxylation sites is 1. The number of nitrogens with one attached hydrogen (secondary N) is 8. The molecule has 3 aromatic rings. The number of aromatic amines is 1. The minimum absolute atomic E-state index is 0.0134. The maximum Gasteiger partial charge on any atom is 0.338 e. The van der Waals surface area contributed by atoms with Crippen LogP contribution in [0.5, 0.6) is 0 Å². The fraction of sp³-hybridized carbons (Fsp3) is 0.532. The second-order valence-corrected chi connectivity index (χ2v) is 17.6. The highest BCUT2D eigenvalue weighted by molar-refractivity contribution is 5.98. The molecule has 6 atom stereocenters. The van der Waals surface area contributed by atoms with Crippen LogP contribution in [0.2, 0.25) is 0 Å². The van der Waals surface area contributed by atoms with Gasteiger partial charge in [0.1, 0.15) is 36.3 Å². The molecule has 2 aliphatic heterocycles. The largest absolute Gasteiger partial charge is 0.361 e. The SMILES string of the molecule is CC(=O)N[C@@H](Cc1ccccc1)C(=O)N[C@H]1CCCNC(=O)[C@H](CCC[NH+]=C(N)N)NC(=O)[C@H](Cc2c[nH]c3ccccc23)NC(=O)[C@@H](CC2CCCCC2)NC(=O)[C@@H]2CCCN2C1=O. The third kappa shape index (κ3) is 13.8. The fourth-order valence-corrected chi connectivity index (χ4v) is 9.32. The molecular formula is C47H66N11O7+. The van der Waals surface area contributed by atoms with Crippen LogP contribution in [0.4, 0.5) is 0 Å². The first-order chi connectivity index (χ1) is 31.4. The van der Waals surface area contributed by atoms with Crippen molar-refractivity contribution >= 4 is 58.2 Å². The number of nitrogens with two attached hydrogens (primary N) is 2. The summed E-state index contributed by atoms with van der Waals surface area (Å²) in [6.45, 7) is 1.96. The zero-order chi connectivity index (χ0) is 46.3. The van der Waals surface area contributed by atoms with Crippen LogP contribution in [0.15, 0.2) is 60.8 Å². The summed E-state index contributed by atoms with van der Waals surface area (Å²) in [6, 6.07) is 10.5. The molecule has 0 bridgehead atoms. The highest BCUT2D eigenvalue weighted by atomic mass is 16.2. The summed E-state index contributed by atoms with van der Waals surface area (Å²) in [5.74, 6) is -3.42. The van der Waals surface area contributed by atoms with Crippen molar-refractivity contribution in [3.05, 3.63) is 71.9 Å². The predicted octanol–water partition coefficient (Wildman–Crippen LogP) is -0.597. The number of H-pyrrole nitrogens is 1. The summed E-state index contributed by atoms with van der Waals surface area (Å²) >= 11 is 0. The van der Waals surface area contributed by atoms with E-state index in [1.54, 1.807) is 6.20 Å². The first kappa shape index (κ1) is 48.0. The average molecular weight is 897 g/mol. The first-order valence-electron chi connectivity index (χ1n) is 23.1. The normalized spacial score (nSPS) is 23.4. The summed E-state index contributed by atoms with van der Waals surface area (Å²) in [5, 5.41) is 18.2. The number of benzene rings is 2. The predicted molar refractivity (Wildman–Crippen MR) is 244 cm³/mol. The number of nitrogens with zero attached hydrogens (tertiary/aromatic N) is 1. The van der Waals surface area contributed by atoms with Gasteiger partial charge in [0.05, 0.1) is 6.54 Å². The molecule has 2 saturated heterocycles. The van der Waals surface area contributed by atoms with Gasteiger partial charge >= 0.3 is 5.96 Å². The Morgan fingerprint density at radius 3 is 2.26 bits per heavy atom. The van der Waals surface area contributed by atoms with Gasteiger partial charge in [0.2, 0.25) is 41.4 Å². The van der Waals surface area contributed by atoms with Crippen LogP contribution in [0.25, 0.3) is 10.9 Å². The topological polar surface area (TPSA) is 277 Å². The quantitative estimate of drug-likeness (QED) is 0.0596. The minimum atomic E-state index is -1.13. The van der Waals surface area contributed by atoms with Gasteiger partial charge in [-0.25, -0.2) is 0 Å². The van der Waals surface area contributed by atoms with Crippen LogP contribution in [0.1, 0.15) is 95.1 Å². The second kappa shape index (κ2) is 23.5. The summed E-state index contributed by atoms with van der Waals surface area (Å²) in [5.41, 5.74) is 13.7. The van der Waals surface area contributed by atoms with Gasteiger partial charge in [0.25, 0.3) is 0 Å². The zero-order valence-corrected chi connectivity index (χ0v) is 37.3. The summed E-state index contributed by atoms with van der Waals surface area (Å²) in [6.07, 6.45) is 9.01. The van der Waals surface area contributed by atoms with Crippen molar-refractivity contribution < 1.29 is 38.6 Å². The van der Waals surface area contributed by atoms with E-state index in [-0.39, 0.29) is 57.1 Å². The van der Waals surface area contributed by atoms with Crippen LogP contribution >= 0.6 is 0 Å². The van der Waals surface area contributed by atoms with E-state index in [4.69, 9.17) is 11.5 Å². The summed E-state index contributed by atoms with van der Waals surface area (Å²) in [7, 11) is 0. The van der Waals surface area contributed by atoms with Gasteiger partial charge in [-0.1, -0.05) is 80.6 Å². The van der Waals surface area contributed by atoms with Crippen molar-refractivity contribution in [3.8, 4) is 0 Å². The maximum atomic E-state index is 14.6. The number of guanidine groups is 1. The van der Waals surface area contributed by atoms with Crippen LogP contribution in [-0.4, -0.2) is 113 Å². The number of amides is 7. The average Bonchev–Trinajstić information content (AvgIpc) is 3.95. The molecule has 1 aromatic heterocycles. The highest BCUT2D eigenvalue weighted by Gasteiger charge is 2.40. The molecule has 7 amide bonds. The van der Waals surface area contributed by atoms with Gasteiger partial charge < -0.3 is 41.8 Å². The molecular weight excluding hydrogens is 831 g/mol. The molecule has 3 aliphatic rings. The lowest BCUT2D eigenvalue weighted by Crippen LogP contribution is -2.78. The Hall–Kier alpha value is -6.46. The molecule has 18 nitrogen and oxygen atoms in total. The van der Waals surface area contributed by atoms with Gasteiger partial charge in [0, 0.05) is 50.0 Å². The zero-order valence-electron chi connectivity index (χ0n) is 37.3. The third-order valence-electron chi connectivity index (χ3n) is 12.7. The molecule has 2 aromatic carbocycles. The molecule has 1 saturated carbocycles. The van der Waals surface area contributed by atoms with E-state index in [1.165, 1.54) is 11.8 Å². The van der Waals surface area contributed by atoms with Crippen molar-refractivity contribution in [1.29, 1.82) is 0 Å². The molecule has 18 heteroatoms. The molecule has 3 fully saturated rings. The van der Waals surface area contributed by atoms with Crippen LogP contribution in [0, 0.1) is 5.92 Å². The van der Waals surface area contributed by atoms with Crippen LogP contribution < -0.4 is 48.4 Å². The van der Waals surface area contributed by atoms with Crippen molar-refractivity contribution in [2.45, 2.75) is 133 Å². The van der Waals surface area contributed by atoms with Gasteiger partial charge in [-0.2, -0.15) is 0 Å². The molecule has 0 radical (unpaired) electrons. The lowest BCUT2D eigenvalue weighted by molar-refractivity contribution is -0.459. The Labute approximate surface area is 379 Å². The first-order valence-corrected chi connectivity index (χ1v) is 23.1. The highest BCUT2D eigenvalue weighted by Crippen LogP contribution is 2.28. The van der Waals surface area contributed by atoms with E-state index in [2.05, 4.69) is 41.9 Å². The van der Waals surface area contributed by atoms with Crippen molar-refractivity contribution in [1.82, 2.24) is 41.8 Å². The van der Waals surface area contributed by atoms with E-state index in [0.29, 0.717) is 32.2 Å².